The van der Waals surface area contributed by atoms with E-state index in [4.69, 9.17) is 16.0 Å². The van der Waals surface area contributed by atoms with Crippen LogP contribution in [-0.2, 0) is 0 Å². The summed E-state index contributed by atoms with van der Waals surface area (Å²) in [5, 5.41) is 6.98. The number of nitrogens with one attached hydrogen (secondary N) is 2. The highest BCUT2D eigenvalue weighted by molar-refractivity contribution is 6.31. The first-order valence-electron chi connectivity index (χ1n) is 8.14. The lowest BCUT2D eigenvalue weighted by Gasteiger charge is -2.20. The molecule has 0 spiro atoms. The second-order valence-corrected chi connectivity index (χ2v) is 7.46. The third-order valence-corrected chi connectivity index (χ3v) is 3.83. The number of furan rings is 1. The summed E-state index contributed by atoms with van der Waals surface area (Å²) in [7, 11) is 0. The molecular formula is C20H19ClN2O3. The van der Waals surface area contributed by atoms with Gasteiger partial charge in [-0.2, -0.15) is 0 Å². The Kier molecular flexibility index (Phi) is 4.74. The van der Waals surface area contributed by atoms with Crippen molar-refractivity contribution in [3.63, 3.8) is 0 Å². The molecule has 3 aromatic rings. The van der Waals surface area contributed by atoms with Crippen molar-refractivity contribution in [2.24, 2.45) is 0 Å². The maximum absolute atomic E-state index is 12.4. The molecule has 0 saturated heterocycles. The van der Waals surface area contributed by atoms with Gasteiger partial charge >= 0.3 is 0 Å². The standard InChI is InChI=1S/C20H19ClN2O3/c1-20(2,3)23-18(24)12-4-7-15(8-5-12)22-19(25)17-11-13-10-14(21)6-9-16(13)26-17/h4-11H,1-3H3,(H,22,25)(H,23,24). The summed E-state index contributed by atoms with van der Waals surface area (Å²) in [6, 6.07) is 13.5. The quantitative estimate of drug-likeness (QED) is 0.691. The first-order valence-corrected chi connectivity index (χ1v) is 8.52. The monoisotopic (exact) mass is 370 g/mol. The van der Waals surface area contributed by atoms with Gasteiger partial charge in [-0.1, -0.05) is 11.6 Å². The number of fused-ring (bicyclic) bond motifs is 1. The molecule has 0 aliphatic carbocycles. The summed E-state index contributed by atoms with van der Waals surface area (Å²) >= 11 is 5.94. The van der Waals surface area contributed by atoms with E-state index < -0.39 is 0 Å². The van der Waals surface area contributed by atoms with Crippen LogP contribution in [0.4, 0.5) is 5.69 Å². The molecule has 2 aromatic carbocycles. The lowest BCUT2D eigenvalue weighted by atomic mass is 10.1. The van der Waals surface area contributed by atoms with E-state index in [1.54, 1.807) is 48.5 Å². The summed E-state index contributed by atoms with van der Waals surface area (Å²) in [6.07, 6.45) is 0. The van der Waals surface area contributed by atoms with Gasteiger partial charge in [-0.15, -0.1) is 0 Å². The Labute approximate surface area is 156 Å². The first-order chi connectivity index (χ1) is 12.2. The maximum atomic E-state index is 12.4. The smallest absolute Gasteiger partial charge is 0.291 e. The summed E-state index contributed by atoms with van der Waals surface area (Å²) in [5.41, 5.74) is 1.37. The fraction of sp³-hybridized carbons (Fsp3) is 0.200. The lowest BCUT2D eigenvalue weighted by Crippen LogP contribution is -2.40. The van der Waals surface area contributed by atoms with Crippen LogP contribution in [0.2, 0.25) is 5.02 Å². The Bertz CT molecular complexity index is 969. The molecule has 5 nitrogen and oxygen atoms in total. The third kappa shape index (κ3) is 4.24. The van der Waals surface area contributed by atoms with E-state index in [2.05, 4.69) is 10.6 Å². The van der Waals surface area contributed by atoms with Crippen LogP contribution in [0.5, 0.6) is 0 Å². The van der Waals surface area contributed by atoms with Crippen LogP contribution < -0.4 is 10.6 Å². The molecule has 0 atom stereocenters. The Morgan fingerprint density at radius 1 is 0.962 bits per heavy atom. The van der Waals surface area contributed by atoms with Crippen LogP contribution in [0.1, 0.15) is 41.7 Å². The molecule has 3 rings (SSSR count). The van der Waals surface area contributed by atoms with E-state index in [0.29, 0.717) is 21.9 Å². The molecule has 2 amide bonds. The van der Waals surface area contributed by atoms with Crippen LogP contribution in [0, 0.1) is 0 Å². The van der Waals surface area contributed by atoms with Gasteiger partial charge in [0.05, 0.1) is 0 Å². The third-order valence-electron chi connectivity index (χ3n) is 3.60. The highest BCUT2D eigenvalue weighted by Crippen LogP contribution is 2.23. The van der Waals surface area contributed by atoms with Crippen LogP contribution in [0.3, 0.4) is 0 Å². The molecule has 0 unspecified atom stereocenters. The van der Waals surface area contributed by atoms with E-state index in [0.717, 1.165) is 5.39 Å². The number of carbonyl (C=O) groups is 2. The zero-order valence-corrected chi connectivity index (χ0v) is 15.5. The fourth-order valence-electron chi connectivity index (χ4n) is 2.44. The Morgan fingerprint density at radius 3 is 2.31 bits per heavy atom. The van der Waals surface area contributed by atoms with Gasteiger partial charge in [-0.25, -0.2) is 0 Å². The Morgan fingerprint density at radius 2 is 1.65 bits per heavy atom. The average Bonchev–Trinajstić information content (AvgIpc) is 2.97. The van der Waals surface area contributed by atoms with Crippen molar-refractivity contribution < 1.29 is 14.0 Å². The predicted molar refractivity (Wildman–Crippen MR) is 103 cm³/mol. The number of carbonyl (C=O) groups excluding carboxylic acids is 2. The minimum absolute atomic E-state index is 0.162. The fourth-order valence-corrected chi connectivity index (χ4v) is 2.62. The number of amides is 2. The van der Waals surface area contributed by atoms with E-state index in [1.807, 2.05) is 20.8 Å². The molecule has 0 aliphatic rings. The Hall–Kier alpha value is -2.79. The van der Waals surface area contributed by atoms with Crippen molar-refractivity contribution in [2.45, 2.75) is 26.3 Å². The zero-order chi connectivity index (χ0) is 18.9. The topological polar surface area (TPSA) is 71.3 Å². The minimum Gasteiger partial charge on any atom is -0.451 e. The van der Waals surface area contributed by atoms with Crippen LogP contribution >= 0.6 is 11.6 Å². The Balaban J connectivity index is 1.71. The molecule has 0 aliphatic heterocycles. The molecule has 0 bridgehead atoms. The van der Waals surface area contributed by atoms with Crippen molar-refractivity contribution in [1.82, 2.24) is 5.32 Å². The van der Waals surface area contributed by atoms with Gasteiger partial charge in [-0.3, -0.25) is 9.59 Å². The van der Waals surface area contributed by atoms with Gasteiger partial charge < -0.3 is 15.1 Å². The number of benzene rings is 2. The predicted octanol–water partition coefficient (Wildman–Crippen LogP) is 4.87. The van der Waals surface area contributed by atoms with Crippen LogP contribution in [0.25, 0.3) is 11.0 Å². The van der Waals surface area contributed by atoms with E-state index in [9.17, 15) is 9.59 Å². The van der Waals surface area contributed by atoms with Crippen molar-refractivity contribution in [2.75, 3.05) is 5.32 Å². The molecule has 0 saturated carbocycles. The lowest BCUT2D eigenvalue weighted by molar-refractivity contribution is 0.0919. The molecule has 0 radical (unpaired) electrons. The summed E-state index contributed by atoms with van der Waals surface area (Å²) in [6.45, 7) is 5.75. The van der Waals surface area contributed by atoms with E-state index in [1.165, 1.54) is 0 Å². The minimum atomic E-state index is -0.371. The molecule has 26 heavy (non-hydrogen) atoms. The summed E-state index contributed by atoms with van der Waals surface area (Å²) in [4.78, 5) is 24.5. The summed E-state index contributed by atoms with van der Waals surface area (Å²) in [5.74, 6) is -0.342. The molecule has 1 heterocycles. The molecular weight excluding hydrogens is 352 g/mol. The van der Waals surface area contributed by atoms with Gasteiger partial charge in [0.2, 0.25) is 0 Å². The highest BCUT2D eigenvalue weighted by Gasteiger charge is 2.16. The van der Waals surface area contributed by atoms with Gasteiger partial charge in [0.1, 0.15) is 5.58 Å². The van der Waals surface area contributed by atoms with Gasteiger partial charge in [-0.05, 0) is 69.3 Å². The SMILES string of the molecule is CC(C)(C)NC(=O)c1ccc(NC(=O)c2cc3cc(Cl)ccc3o2)cc1. The molecule has 2 N–H and O–H groups in total. The number of anilines is 1. The van der Waals surface area contributed by atoms with Crippen molar-refractivity contribution >= 4 is 40.1 Å². The normalized spacial score (nSPS) is 11.4. The van der Waals surface area contributed by atoms with Gasteiger partial charge in [0.25, 0.3) is 11.8 Å². The van der Waals surface area contributed by atoms with Crippen molar-refractivity contribution in [1.29, 1.82) is 0 Å². The second kappa shape index (κ2) is 6.84. The number of rotatable bonds is 3. The number of hydrogen-bond acceptors (Lipinski definition) is 3. The summed E-state index contributed by atoms with van der Waals surface area (Å²) < 4.78 is 5.54. The average molecular weight is 371 g/mol. The van der Waals surface area contributed by atoms with Gasteiger partial charge in [0.15, 0.2) is 5.76 Å². The van der Waals surface area contributed by atoms with Crippen LogP contribution in [-0.4, -0.2) is 17.4 Å². The molecule has 6 heteroatoms. The second-order valence-electron chi connectivity index (χ2n) is 7.03. The zero-order valence-electron chi connectivity index (χ0n) is 14.7. The molecule has 1 aromatic heterocycles. The highest BCUT2D eigenvalue weighted by atomic mass is 35.5. The number of hydrogen-bond donors (Lipinski definition) is 2. The molecule has 0 fully saturated rings. The van der Waals surface area contributed by atoms with E-state index in [-0.39, 0.29) is 23.1 Å². The maximum Gasteiger partial charge on any atom is 0.291 e. The number of halogens is 1. The van der Waals surface area contributed by atoms with Crippen LogP contribution in [0.15, 0.2) is 52.9 Å². The van der Waals surface area contributed by atoms with E-state index >= 15 is 0 Å². The molecule has 134 valence electrons. The van der Waals surface area contributed by atoms with Gasteiger partial charge in [0, 0.05) is 27.2 Å². The largest absolute Gasteiger partial charge is 0.451 e. The van der Waals surface area contributed by atoms with Crippen molar-refractivity contribution in [3.8, 4) is 0 Å². The first kappa shape index (κ1) is 18.0. The van der Waals surface area contributed by atoms with Crippen molar-refractivity contribution in [3.05, 3.63) is 64.9 Å².